The minimum absolute atomic E-state index is 0.127. The fraction of sp³-hybridized carbons (Fsp3) is 0.588. The van der Waals surface area contributed by atoms with Crippen molar-refractivity contribution in [2.24, 2.45) is 0 Å². The van der Waals surface area contributed by atoms with E-state index in [0.717, 1.165) is 19.4 Å². The molecule has 8 heteroatoms. The molecule has 0 unspecified atom stereocenters. The van der Waals surface area contributed by atoms with Gasteiger partial charge in [-0.15, -0.1) is 0 Å². The van der Waals surface area contributed by atoms with Crippen LogP contribution in [0.4, 0.5) is 4.79 Å². The Morgan fingerprint density at radius 1 is 1.32 bits per heavy atom. The Morgan fingerprint density at radius 2 is 2.04 bits per heavy atom. The summed E-state index contributed by atoms with van der Waals surface area (Å²) < 4.78 is 34.0. The summed E-state index contributed by atoms with van der Waals surface area (Å²) in [4.78, 5) is 14.1. The van der Waals surface area contributed by atoms with Gasteiger partial charge in [0.15, 0.2) is 9.84 Å². The molecule has 0 bridgehead atoms. The van der Waals surface area contributed by atoms with Gasteiger partial charge in [-0.2, -0.15) is 0 Å². The van der Waals surface area contributed by atoms with Gasteiger partial charge < -0.3 is 14.8 Å². The highest BCUT2D eigenvalue weighted by molar-refractivity contribution is 7.90. The number of carbonyl (C=O) groups is 1. The van der Waals surface area contributed by atoms with Crippen LogP contribution in [-0.2, 0) is 14.6 Å². The summed E-state index contributed by atoms with van der Waals surface area (Å²) in [5.74, 6) is 0.567. The number of sulfone groups is 1. The zero-order valence-corrected chi connectivity index (χ0v) is 15.5. The molecular formula is C17H26N2O5S. The molecule has 0 radical (unpaired) electrons. The van der Waals surface area contributed by atoms with Gasteiger partial charge in [-0.3, -0.25) is 4.90 Å². The molecule has 0 aromatic heterocycles. The van der Waals surface area contributed by atoms with Crippen LogP contribution in [0.25, 0.3) is 0 Å². The molecule has 25 heavy (non-hydrogen) atoms. The maximum Gasteiger partial charge on any atom is 0.410 e. The van der Waals surface area contributed by atoms with Crippen molar-refractivity contribution < 1.29 is 22.7 Å². The second kappa shape index (κ2) is 9.05. The van der Waals surface area contributed by atoms with Gasteiger partial charge in [0, 0.05) is 25.9 Å². The number of hydrogen-bond acceptors (Lipinski definition) is 6. The van der Waals surface area contributed by atoms with Gasteiger partial charge in [-0.1, -0.05) is 13.3 Å². The van der Waals surface area contributed by atoms with E-state index in [-0.39, 0.29) is 17.0 Å². The summed E-state index contributed by atoms with van der Waals surface area (Å²) in [6.45, 7) is 4.72. The number of piperazine rings is 1. The predicted octanol–water partition coefficient (Wildman–Crippen LogP) is 1.68. The summed E-state index contributed by atoms with van der Waals surface area (Å²) in [5.41, 5.74) is 0. The normalized spacial score (nSPS) is 18.0. The molecule has 7 nitrogen and oxygen atoms in total. The van der Waals surface area contributed by atoms with E-state index in [2.05, 4.69) is 5.32 Å². The molecule has 1 aromatic rings. The molecule has 1 atom stereocenters. The minimum Gasteiger partial charge on any atom is -0.491 e. The minimum atomic E-state index is -3.22. The average Bonchev–Trinajstić information content (AvgIpc) is 2.60. The van der Waals surface area contributed by atoms with Crippen LogP contribution in [0.15, 0.2) is 29.2 Å². The molecule has 2 rings (SSSR count). The highest BCUT2D eigenvalue weighted by Crippen LogP contribution is 2.17. The lowest BCUT2D eigenvalue weighted by Crippen LogP contribution is -2.56. The number of benzene rings is 1. The van der Waals surface area contributed by atoms with Crippen LogP contribution in [0, 0.1) is 0 Å². The fourth-order valence-corrected chi connectivity index (χ4v) is 3.14. The standard InChI is InChI=1S/C17H26N2O5S/c1-3-4-11-23-17(20)19-10-9-18-12-14(19)13-24-15-5-7-16(8-6-15)25(2,21)22/h5-8,14,18H,3-4,9-13H2,1-2H3/t14-/m0/s1. The Hall–Kier alpha value is -1.80. The van der Waals surface area contributed by atoms with Gasteiger partial charge in [0.25, 0.3) is 0 Å². The number of nitrogens with zero attached hydrogens (tertiary/aromatic N) is 1. The lowest BCUT2D eigenvalue weighted by atomic mass is 10.2. The van der Waals surface area contributed by atoms with E-state index < -0.39 is 9.84 Å². The van der Waals surface area contributed by atoms with Crippen molar-refractivity contribution in [3.8, 4) is 5.75 Å². The van der Waals surface area contributed by atoms with Crippen molar-refractivity contribution in [1.82, 2.24) is 10.2 Å². The first-order chi connectivity index (χ1) is 11.9. The third-order valence-electron chi connectivity index (χ3n) is 4.00. The smallest absolute Gasteiger partial charge is 0.410 e. The van der Waals surface area contributed by atoms with Crippen molar-refractivity contribution in [3.05, 3.63) is 24.3 Å². The number of hydrogen-bond donors (Lipinski definition) is 1. The quantitative estimate of drug-likeness (QED) is 0.735. The molecular weight excluding hydrogens is 344 g/mol. The van der Waals surface area contributed by atoms with E-state index in [0.29, 0.717) is 32.1 Å². The Labute approximate surface area is 149 Å². The second-order valence-corrected chi connectivity index (χ2v) is 8.09. The van der Waals surface area contributed by atoms with Crippen LogP contribution >= 0.6 is 0 Å². The van der Waals surface area contributed by atoms with E-state index in [1.807, 2.05) is 6.92 Å². The maximum absolute atomic E-state index is 12.2. The zero-order chi connectivity index (χ0) is 18.3. The van der Waals surface area contributed by atoms with Gasteiger partial charge in [0.05, 0.1) is 17.5 Å². The van der Waals surface area contributed by atoms with Crippen LogP contribution in [-0.4, -0.2) is 64.6 Å². The Morgan fingerprint density at radius 3 is 2.68 bits per heavy atom. The molecule has 1 saturated heterocycles. The fourth-order valence-electron chi connectivity index (χ4n) is 2.51. The van der Waals surface area contributed by atoms with Gasteiger partial charge in [0.2, 0.25) is 0 Å². The van der Waals surface area contributed by atoms with E-state index >= 15 is 0 Å². The summed E-state index contributed by atoms with van der Waals surface area (Å²) in [6, 6.07) is 6.14. The van der Waals surface area contributed by atoms with Crippen LogP contribution in [0.1, 0.15) is 19.8 Å². The van der Waals surface area contributed by atoms with Crippen molar-refractivity contribution in [1.29, 1.82) is 0 Å². The van der Waals surface area contributed by atoms with Crippen molar-refractivity contribution in [2.75, 3.05) is 39.1 Å². The molecule has 1 fully saturated rings. The molecule has 1 heterocycles. The van der Waals surface area contributed by atoms with Crippen LogP contribution in [0.2, 0.25) is 0 Å². The van der Waals surface area contributed by atoms with E-state index in [4.69, 9.17) is 9.47 Å². The molecule has 0 spiro atoms. The number of rotatable bonds is 7. The number of nitrogens with one attached hydrogen (secondary N) is 1. The van der Waals surface area contributed by atoms with Crippen molar-refractivity contribution in [3.63, 3.8) is 0 Å². The van der Waals surface area contributed by atoms with Crippen LogP contribution < -0.4 is 10.1 Å². The molecule has 1 aromatic carbocycles. The average molecular weight is 370 g/mol. The molecule has 140 valence electrons. The first-order valence-corrected chi connectivity index (χ1v) is 10.4. The van der Waals surface area contributed by atoms with E-state index in [1.165, 1.54) is 18.4 Å². The Balaban J connectivity index is 1.91. The van der Waals surface area contributed by atoms with Gasteiger partial charge in [-0.05, 0) is 30.7 Å². The molecule has 1 aliphatic rings. The van der Waals surface area contributed by atoms with Gasteiger partial charge >= 0.3 is 6.09 Å². The first-order valence-electron chi connectivity index (χ1n) is 8.49. The van der Waals surface area contributed by atoms with Crippen molar-refractivity contribution in [2.45, 2.75) is 30.7 Å². The third kappa shape index (κ3) is 5.89. The second-order valence-electron chi connectivity index (χ2n) is 6.07. The highest BCUT2D eigenvalue weighted by Gasteiger charge is 2.28. The van der Waals surface area contributed by atoms with Crippen molar-refractivity contribution >= 4 is 15.9 Å². The van der Waals surface area contributed by atoms with Crippen LogP contribution in [0.3, 0.4) is 0 Å². The number of unbranched alkanes of at least 4 members (excludes halogenated alkanes) is 1. The van der Waals surface area contributed by atoms with Crippen LogP contribution in [0.5, 0.6) is 5.75 Å². The summed E-state index contributed by atoms with van der Waals surface area (Å²) >= 11 is 0. The molecule has 0 aliphatic carbocycles. The Kier molecular flexibility index (Phi) is 7.07. The summed E-state index contributed by atoms with van der Waals surface area (Å²) in [6.07, 6.45) is 2.69. The number of amides is 1. The summed E-state index contributed by atoms with van der Waals surface area (Å²) in [5, 5.41) is 3.24. The largest absolute Gasteiger partial charge is 0.491 e. The van der Waals surface area contributed by atoms with E-state index in [9.17, 15) is 13.2 Å². The SMILES string of the molecule is CCCCOC(=O)N1CCNC[C@H]1COc1ccc(S(C)(=O)=O)cc1. The topological polar surface area (TPSA) is 84.9 Å². The van der Waals surface area contributed by atoms with Gasteiger partial charge in [0.1, 0.15) is 12.4 Å². The number of ether oxygens (including phenoxy) is 2. The highest BCUT2D eigenvalue weighted by atomic mass is 32.2. The Bertz CT molecular complexity index is 660. The monoisotopic (exact) mass is 370 g/mol. The summed E-state index contributed by atoms with van der Waals surface area (Å²) in [7, 11) is -3.22. The predicted molar refractivity (Wildman–Crippen MR) is 94.7 cm³/mol. The lowest BCUT2D eigenvalue weighted by molar-refractivity contribution is 0.0623. The molecule has 1 amide bonds. The molecule has 0 saturated carbocycles. The number of carbonyl (C=O) groups excluding carboxylic acids is 1. The zero-order valence-electron chi connectivity index (χ0n) is 14.7. The van der Waals surface area contributed by atoms with Gasteiger partial charge in [-0.25, -0.2) is 13.2 Å². The lowest BCUT2D eigenvalue weighted by Gasteiger charge is -2.35. The third-order valence-corrected chi connectivity index (χ3v) is 5.13. The molecule has 1 N–H and O–H groups in total. The maximum atomic E-state index is 12.2. The molecule has 1 aliphatic heterocycles. The van der Waals surface area contributed by atoms with E-state index in [1.54, 1.807) is 17.0 Å². The first kappa shape index (κ1) is 19.5.